The van der Waals surface area contributed by atoms with Crippen LogP contribution in [-0.4, -0.2) is 20.9 Å². The molecule has 0 atom stereocenters. The van der Waals surface area contributed by atoms with Gasteiger partial charge in [-0.3, -0.25) is 4.79 Å². The molecular formula is C9H10BClO2. The molecule has 0 aliphatic carbocycles. The molecule has 1 aromatic carbocycles. The summed E-state index contributed by atoms with van der Waals surface area (Å²) in [5, 5.41) is 0.652. The zero-order chi connectivity index (χ0) is 9.84. The maximum Gasteiger partial charge on any atom is 0.309 e. The van der Waals surface area contributed by atoms with Gasteiger partial charge in [0.15, 0.2) is 0 Å². The normalized spacial score (nSPS) is 9.69. The van der Waals surface area contributed by atoms with Crippen LogP contribution in [-0.2, 0) is 16.0 Å². The van der Waals surface area contributed by atoms with E-state index in [4.69, 9.17) is 11.6 Å². The van der Waals surface area contributed by atoms with Gasteiger partial charge in [-0.2, -0.15) is 0 Å². The Balaban J connectivity index is 2.83. The molecule has 0 bridgehead atoms. The van der Waals surface area contributed by atoms with Gasteiger partial charge >= 0.3 is 5.97 Å². The number of benzene rings is 1. The number of esters is 1. The lowest BCUT2D eigenvalue weighted by Crippen LogP contribution is -2.08. The minimum absolute atomic E-state index is 0.248. The van der Waals surface area contributed by atoms with Crippen LogP contribution < -0.4 is 5.46 Å². The zero-order valence-electron chi connectivity index (χ0n) is 7.63. The molecule has 4 heteroatoms. The molecule has 0 unspecified atom stereocenters. The Labute approximate surface area is 83.3 Å². The third-order valence-electron chi connectivity index (χ3n) is 1.68. The van der Waals surface area contributed by atoms with Crippen molar-refractivity contribution in [2.75, 3.05) is 7.11 Å². The van der Waals surface area contributed by atoms with Crippen molar-refractivity contribution in [3.05, 3.63) is 28.8 Å². The highest BCUT2D eigenvalue weighted by molar-refractivity contribution is 6.36. The predicted octanol–water partition coefficient (Wildman–Crippen LogP) is 0.314. The topological polar surface area (TPSA) is 26.3 Å². The largest absolute Gasteiger partial charge is 0.469 e. The summed E-state index contributed by atoms with van der Waals surface area (Å²) in [5.74, 6) is -0.248. The summed E-state index contributed by atoms with van der Waals surface area (Å²) in [6, 6.07) is 5.54. The van der Waals surface area contributed by atoms with Crippen molar-refractivity contribution < 1.29 is 9.53 Å². The van der Waals surface area contributed by atoms with E-state index in [1.54, 1.807) is 6.07 Å². The SMILES string of the molecule is Bc1cc(Cl)cc(CC(=O)OC)c1. The lowest BCUT2D eigenvalue weighted by atomic mass is 9.94. The smallest absolute Gasteiger partial charge is 0.309 e. The van der Waals surface area contributed by atoms with Crippen LogP contribution in [0.25, 0.3) is 0 Å². The number of carbonyl (C=O) groups excluding carboxylic acids is 1. The maximum absolute atomic E-state index is 10.9. The molecule has 1 aromatic rings. The second kappa shape index (κ2) is 4.33. The Morgan fingerprint density at radius 3 is 2.77 bits per heavy atom. The quantitative estimate of drug-likeness (QED) is 0.503. The molecule has 2 nitrogen and oxygen atoms in total. The number of carbonyl (C=O) groups is 1. The third kappa shape index (κ3) is 3.11. The van der Waals surface area contributed by atoms with Crippen molar-refractivity contribution >= 4 is 30.9 Å². The molecule has 68 valence electrons. The van der Waals surface area contributed by atoms with Crippen molar-refractivity contribution in [1.29, 1.82) is 0 Å². The first-order chi connectivity index (χ1) is 6.11. The predicted molar refractivity (Wildman–Crippen MR) is 55.4 cm³/mol. The molecule has 0 fully saturated rings. The number of ether oxygens (including phenoxy) is 1. The van der Waals surface area contributed by atoms with Gasteiger partial charge in [0, 0.05) is 5.02 Å². The van der Waals surface area contributed by atoms with Gasteiger partial charge in [-0.1, -0.05) is 23.1 Å². The summed E-state index contributed by atoms with van der Waals surface area (Å²) < 4.78 is 4.55. The van der Waals surface area contributed by atoms with Crippen molar-refractivity contribution in [2.45, 2.75) is 6.42 Å². The average molecular weight is 196 g/mol. The number of methoxy groups -OCH3 is 1. The summed E-state index contributed by atoms with van der Waals surface area (Å²) in [5.41, 5.74) is 1.93. The van der Waals surface area contributed by atoms with Gasteiger partial charge in [0.25, 0.3) is 0 Å². The second-order valence-corrected chi connectivity index (χ2v) is 3.33. The van der Waals surface area contributed by atoms with Gasteiger partial charge in [-0.15, -0.1) is 0 Å². The molecule has 0 aliphatic rings. The lowest BCUT2D eigenvalue weighted by Gasteiger charge is -2.02. The van der Waals surface area contributed by atoms with Gasteiger partial charge < -0.3 is 4.74 Å². The first-order valence-corrected chi connectivity index (χ1v) is 4.32. The van der Waals surface area contributed by atoms with E-state index in [9.17, 15) is 4.79 Å². The number of rotatable bonds is 2. The van der Waals surface area contributed by atoms with Crippen molar-refractivity contribution in [3.63, 3.8) is 0 Å². The molecule has 0 spiro atoms. The number of hydrogen-bond acceptors (Lipinski definition) is 2. The molecule has 1 rings (SSSR count). The average Bonchev–Trinajstić information content (AvgIpc) is 2.02. The molecule has 0 radical (unpaired) electrons. The highest BCUT2D eigenvalue weighted by Crippen LogP contribution is 2.09. The van der Waals surface area contributed by atoms with E-state index in [1.165, 1.54) is 7.11 Å². The summed E-state index contributed by atoms with van der Waals surface area (Å²) in [6.07, 6.45) is 0.276. The molecule has 0 aromatic heterocycles. The zero-order valence-corrected chi connectivity index (χ0v) is 8.39. The molecule has 13 heavy (non-hydrogen) atoms. The fourth-order valence-electron chi connectivity index (χ4n) is 1.15. The van der Waals surface area contributed by atoms with Crippen LogP contribution in [0.5, 0.6) is 0 Å². The lowest BCUT2D eigenvalue weighted by molar-refractivity contribution is -0.139. The van der Waals surface area contributed by atoms with Gasteiger partial charge in [-0.05, 0) is 17.7 Å². The standard InChI is InChI=1S/C9H10BClO2/c1-13-9(12)4-6-2-7(10)5-8(11)3-6/h2-3,5H,4,10H2,1H3. The maximum atomic E-state index is 10.9. The van der Waals surface area contributed by atoms with E-state index in [2.05, 4.69) is 4.74 Å². The van der Waals surface area contributed by atoms with Crippen LogP contribution >= 0.6 is 11.6 Å². The molecule has 0 amide bonds. The fourth-order valence-corrected chi connectivity index (χ4v) is 1.47. The van der Waals surface area contributed by atoms with Gasteiger partial charge in [0.1, 0.15) is 7.85 Å². The first kappa shape index (κ1) is 10.1. The molecule has 0 N–H and O–H groups in total. The molecule has 0 heterocycles. The van der Waals surface area contributed by atoms with Crippen LogP contribution in [0.2, 0.25) is 5.02 Å². The van der Waals surface area contributed by atoms with E-state index in [1.807, 2.05) is 20.0 Å². The Bertz CT molecular complexity index is 305. The van der Waals surface area contributed by atoms with Crippen molar-refractivity contribution in [2.24, 2.45) is 0 Å². The molecule has 0 aliphatic heterocycles. The highest BCUT2D eigenvalue weighted by atomic mass is 35.5. The summed E-state index contributed by atoms with van der Waals surface area (Å²) >= 11 is 5.82. The second-order valence-electron chi connectivity index (χ2n) is 2.89. The van der Waals surface area contributed by atoms with E-state index >= 15 is 0 Å². The van der Waals surface area contributed by atoms with E-state index in [0.29, 0.717) is 5.02 Å². The number of halogens is 1. The summed E-state index contributed by atoms with van der Waals surface area (Å²) in [4.78, 5) is 10.9. The molecular weight excluding hydrogens is 186 g/mol. The van der Waals surface area contributed by atoms with Crippen LogP contribution in [0.4, 0.5) is 0 Å². The van der Waals surface area contributed by atoms with E-state index in [0.717, 1.165) is 11.0 Å². The van der Waals surface area contributed by atoms with E-state index in [-0.39, 0.29) is 12.4 Å². The summed E-state index contributed by atoms with van der Waals surface area (Å²) in [6.45, 7) is 0. The Morgan fingerprint density at radius 2 is 2.23 bits per heavy atom. The Morgan fingerprint density at radius 1 is 1.54 bits per heavy atom. The van der Waals surface area contributed by atoms with E-state index < -0.39 is 0 Å². The van der Waals surface area contributed by atoms with Crippen LogP contribution in [0.1, 0.15) is 5.56 Å². The number of hydrogen-bond donors (Lipinski definition) is 0. The summed E-state index contributed by atoms with van der Waals surface area (Å²) in [7, 11) is 3.31. The Kier molecular flexibility index (Phi) is 3.37. The Hall–Kier alpha value is -0.955. The van der Waals surface area contributed by atoms with Gasteiger partial charge in [-0.25, -0.2) is 0 Å². The molecule has 0 saturated heterocycles. The van der Waals surface area contributed by atoms with Crippen molar-refractivity contribution in [3.8, 4) is 0 Å². The molecule has 0 saturated carbocycles. The fraction of sp³-hybridized carbons (Fsp3) is 0.222. The van der Waals surface area contributed by atoms with Crippen molar-refractivity contribution in [1.82, 2.24) is 0 Å². The van der Waals surface area contributed by atoms with Crippen LogP contribution in [0, 0.1) is 0 Å². The highest BCUT2D eigenvalue weighted by Gasteiger charge is 2.03. The monoisotopic (exact) mass is 196 g/mol. The van der Waals surface area contributed by atoms with Crippen LogP contribution in [0.3, 0.4) is 0 Å². The van der Waals surface area contributed by atoms with Gasteiger partial charge in [0.05, 0.1) is 13.5 Å². The first-order valence-electron chi connectivity index (χ1n) is 3.94. The third-order valence-corrected chi connectivity index (χ3v) is 1.90. The van der Waals surface area contributed by atoms with Gasteiger partial charge in [0.2, 0.25) is 0 Å². The minimum Gasteiger partial charge on any atom is -0.469 e. The van der Waals surface area contributed by atoms with Crippen LogP contribution in [0.15, 0.2) is 18.2 Å². The minimum atomic E-state index is -0.248.